The molecular formula is C14H19BrN4O. The topological polar surface area (TPSA) is 52.0 Å². The summed E-state index contributed by atoms with van der Waals surface area (Å²) in [5.41, 5.74) is 3.09. The molecule has 108 valence electrons. The van der Waals surface area contributed by atoms with Gasteiger partial charge >= 0.3 is 0 Å². The van der Waals surface area contributed by atoms with Crippen molar-refractivity contribution in [3.05, 3.63) is 33.6 Å². The van der Waals surface area contributed by atoms with Crippen LogP contribution in [0.15, 0.2) is 16.6 Å². The summed E-state index contributed by atoms with van der Waals surface area (Å²) in [6.07, 6.45) is 0.874. The minimum atomic E-state index is 0.642. The van der Waals surface area contributed by atoms with Gasteiger partial charge in [0.1, 0.15) is 5.82 Å². The number of aromatic nitrogens is 3. The maximum atomic E-state index is 5.43. The molecule has 0 aromatic carbocycles. The molecule has 5 nitrogen and oxygen atoms in total. The van der Waals surface area contributed by atoms with Crippen molar-refractivity contribution >= 4 is 21.7 Å². The van der Waals surface area contributed by atoms with E-state index in [-0.39, 0.29) is 0 Å². The Morgan fingerprint density at radius 1 is 1.40 bits per heavy atom. The molecule has 1 N–H and O–H groups in total. The Bertz CT molecular complexity index is 589. The minimum Gasteiger partial charge on any atom is -0.481 e. The summed E-state index contributed by atoms with van der Waals surface area (Å²) in [5, 5.41) is 7.80. The van der Waals surface area contributed by atoms with Gasteiger partial charge in [-0.1, -0.05) is 22.9 Å². The van der Waals surface area contributed by atoms with Crippen molar-refractivity contribution < 1.29 is 4.74 Å². The first kappa shape index (κ1) is 14.8. The SMILES string of the molecule is CCc1nn(C)c(OC)c1CNc1cc(Br)cc(C)n1. The van der Waals surface area contributed by atoms with E-state index < -0.39 is 0 Å². The van der Waals surface area contributed by atoms with Crippen LogP contribution < -0.4 is 10.1 Å². The summed E-state index contributed by atoms with van der Waals surface area (Å²) < 4.78 is 8.21. The van der Waals surface area contributed by atoms with E-state index in [1.807, 2.05) is 26.1 Å². The van der Waals surface area contributed by atoms with Gasteiger partial charge in [-0.3, -0.25) is 0 Å². The molecule has 0 radical (unpaired) electrons. The van der Waals surface area contributed by atoms with Gasteiger partial charge in [-0.2, -0.15) is 5.10 Å². The minimum absolute atomic E-state index is 0.642. The highest BCUT2D eigenvalue weighted by Gasteiger charge is 2.15. The number of aryl methyl sites for hydroxylation is 3. The van der Waals surface area contributed by atoms with Gasteiger partial charge in [-0.25, -0.2) is 9.67 Å². The molecule has 0 aliphatic rings. The average molecular weight is 339 g/mol. The first-order valence-electron chi connectivity index (χ1n) is 6.52. The van der Waals surface area contributed by atoms with E-state index in [2.05, 4.69) is 38.3 Å². The van der Waals surface area contributed by atoms with Crippen LogP contribution in [0.1, 0.15) is 23.9 Å². The maximum absolute atomic E-state index is 5.43. The molecule has 0 saturated heterocycles. The van der Waals surface area contributed by atoms with Crippen LogP contribution >= 0.6 is 15.9 Å². The highest BCUT2D eigenvalue weighted by Crippen LogP contribution is 2.23. The van der Waals surface area contributed by atoms with Gasteiger partial charge in [0, 0.05) is 23.8 Å². The molecule has 2 aromatic rings. The number of anilines is 1. The molecule has 20 heavy (non-hydrogen) atoms. The van der Waals surface area contributed by atoms with Crippen LogP contribution in [0, 0.1) is 6.92 Å². The predicted octanol–water partition coefficient (Wildman–Crippen LogP) is 3.07. The lowest BCUT2D eigenvalue weighted by Gasteiger charge is -2.09. The molecule has 2 heterocycles. The number of pyridine rings is 1. The van der Waals surface area contributed by atoms with Crippen LogP contribution in [0.3, 0.4) is 0 Å². The molecule has 6 heteroatoms. The van der Waals surface area contributed by atoms with Gasteiger partial charge in [0.2, 0.25) is 5.88 Å². The van der Waals surface area contributed by atoms with E-state index in [9.17, 15) is 0 Å². The number of hydrogen-bond donors (Lipinski definition) is 1. The third-order valence-electron chi connectivity index (χ3n) is 3.06. The van der Waals surface area contributed by atoms with Crippen molar-refractivity contribution in [2.45, 2.75) is 26.8 Å². The molecule has 0 aliphatic carbocycles. The summed E-state index contributed by atoms with van der Waals surface area (Å²) in [7, 11) is 3.56. The molecule has 0 bridgehead atoms. The molecule has 0 fully saturated rings. The zero-order chi connectivity index (χ0) is 14.7. The number of rotatable bonds is 5. The summed E-state index contributed by atoms with van der Waals surface area (Å²) in [5.74, 6) is 1.63. The lowest BCUT2D eigenvalue weighted by molar-refractivity contribution is 0.369. The summed E-state index contributed by atoms with van der Waals surface area (Å²) in [6.45, 7) is 4.70. The fraction of sp³-hybridized carbons (Fsp3) is 0.429. The number of nitrogens with zero attached hydrogens (tertiary/aromatic N) is 3. The van der Waals surface area contributed by atoms with E-state index >= 15 is 0 Å². The molecule has 0 saturated carbocycles. The number of nitrogens with one attached hydrogen (secondary N) is 1. The monoisotopic (exact) mass is 338 g/mol. The largest absolute Gasteiger partial charge is 0.481 e. The number of methoxy groups -OCH3 is 1. The van der Waals surface area contributed by atoms with Crippen molar-refractivity contribution in [3.63, 3.8) is 0 Å². The Hall–Kier alpha value is -1.56. The highest BCUT2D eigenvalue weighted by molar-refractivity contribution is 9.10. The fourth-order valence-electron chi connectivity index (χ4n) is 2.22. The van der Waals surface area contributed by atoms with Crippen molar-refractivity contribution in [1.82, 2.24) is 14.8 Å². The van der Waals surface area contributed by atoms with Crippen LogP contribution in [0.2, 0.25) is 0 Å². The molecule has 0 aliphatic heterocycles. The standard InChI is InChI=1S/C14H19BrN4O/c1-5-12-11(14(20-4)19(3)18-12)8-16-13-7-10(15)6-9(2)17-13/h6-7H,5,8H2,1-4H3,(H,16,17). The first-order chi connectivity index (χ1) is 9.55. The normalized spacial score (nSPS) is 10.7. The molecule has 2 rings (SSSR count). The van der Waals surface area contributed by atoms with Crippen LogP contribution in [0.4, 0.5) is 5.82 Å². The fourth-order valence-corrected chi connectivity index (χ4v) is 2.77. The van der Waals surface area contributed by atoms with Crippen LogP contribution in [-0.4, -0.2) is 21.9 Å². The van der Waals surface area contributed by atoms with Gasteiger partial charge in [-0.15, -0.1) is 0 Å². The van der Waals surface area contributed by atoms with Crippen molar-refractivity contribution in [1.29, 1.82) is 0 Å². The van der Waals surface area contributed by atoms with Crippen molar-refractivity contribution in [2.75, 3.05) is 12.4 Å². The second kappa shape index (κ2) is 6.26. The number of ether oxygens (including phenoxy) is 1. The molecule has 0 unspecified atom stereocenters. The van der Waals surface area contributed by atoms with E-state index in [1.54, 1.807) is 11.8 Å². The smallest absolute Gasteiger partial charge is 0.216 e. The Balaban J connectivity index is 2.22. The highest BCUT2D eigenvalue weighted by atomic mass is 79.9. The maximum Gasteiger partial charge on any atom is 0.216 e. The van der Waals surface area contributed by atoms with Crippen molar-refractivity contribution in [2.24, 2.45) is 7.05 Å². The second-order valence-corrected chi connectivity index (χ2v) is 5.49. The Morgan fingerprint density at radius 2 is 2.15 bits per heavy atom. The Kier molecular flexibility index (Phi) is 4.65. The van der Waals surface area contributed by atoms with E-state index in [0.29, 0.717) is 6.54 Å². The van der Waals surface area contributed by atoms with Gasteiger partial charge in [0.25, 0.3) is 0 Å². The van der Waals surface area contributed by atoms with Gasteiger partial charge in [0.05, 0.1) is 18.4 Å². The lowest BCUT2D eigenvalue weighted by Crippen LogP contribution is -2.05. The Morgan fingerprint density at radius 3 is 2.75 bits per heavy atom. The van der Waals surface area contributed by atoms with Crippen LogP contribution in [-0.2, 0) is 20.0 Å². The molecule has 0 amide bonds. The second-order valence-electron chi connectivity index (χ2n) is 4.58. The van der Waals surface area contributed by atoms with Crippen molar-refractivity contribution in [3.8, 4) is 5.88 Å². The van der Waals surface area contributed by atoms with Crippen LogP contribution in [0.25, 0.3) is 0 Å². The Labute approximate surface area is 127 Å². The summed E-state index contributed by atoms with van der Waals surface area (Å²) in [6, 6.07) is 3.94. The summed E-state index contributed by atoms with van der Waals surface area (Å²) >= 11 is 3.48. The third-order valence-corrected chi connectivity index (χ3v) is 3.52. The van der Waals surface area contributed by atoms with E-state index in [0.717, 1.165) is 39.5 Å². The quantitative estimate of drug-likeness (QED) is 0.910. The van der Waals surface area contributed by atoms with Gasteiger partial charge < -0.3 is 10.1 Å². The number of hydrogen-bond acceptors (Lipinski definition) is 4. The van der Waals surface area contributed by atoms with Gasteiger partial charge in [0.15, 0.2) is 0 Å². The molecule has 0 spiro atoms. The molecule has 0 atom stereocenters. The molecule has 2 aromatic heterocycles. The summed E-state index contributed by atoms with van der Waals surface area (Å²) in [4.78, 5) is 4.46. The molecular weight excluding hydrogens is 320 g/mol. The van der Waals surface area contributed by atoms with E-state index in [4.69, 9.17) is 4.74 Å². The lowest BCUT2D eigenvalue weighted by atomic mass is 10.2. The first-order valence-corrected chi connectivity index (χ1v) is 7.31. The number of halogens is 1. The van der Waals surface area contributed by atoms with Gasteiger partial charge in [-0.05, 0) is 25.5 Å². The predicted molar refractivity (Wildman–Crippen MR) is 83.1 cm³/mol. The average Bonchev–Trinajstić information content (AvgIpc) is 2.70. The zero-order valence-electron chi connectivity index (χ0n) is 12.2. The zero-order valence-corrected chi connectivity index (χ0v) is 13.8. The third kappa shape index (κ3) is 3.12. The van der Waals surface area contributed by atoms with Crippen LogP contribution in [0.5, 0.6) is 5.88 Å². The van der Waals surface area contributed by atoms with E-state index in [1.165, 1.54) is 0 Å².